The number of pyridine rings is 1. The number of thiazole rings is 1. The molecule has 0 saturated heterocycles. The minimum Gasteiger partial charge on any atom is -0.278 e. The van der Waals surface area contributed by atoms with Gasteiger partial charge in [-0.15, -0.1) is 0 Å². The van der Waals surface area contributed by atoms with Gasteiger partial charge < -0.3 is 0 Å². The molecular weight excluding hydrogens is 404 g/mol. The summed E-state index contributed by atoms with van der Waals surface area (Å²) in [6.07, 6.45) is 1.61. The molecule has 0 fully saturated rings. The van der Waals surface area contributed by atoms with Crippen LogP contribution in [0.15, 0.2) is 60.8 Å². The molecule has 4 aromatic rings. The van der Waals surface area contributed by atoms with Crippen molar-refractivity contribution in [3.63, 3.8) is 0 Å². The second-order valence-electron chi connectivity index (χ2n) is 5.92. The second kappa shape index (κ2) is 7.61. The van der Waals surface area contributed by atoms with E-state index in [4.69, 9.17) is 11.6 Å². The molecule has 4 nitrogen and oxygen atoms in total. The molecule has 2 aromatic heterocycles. The lowest BCUT2D eigenvalue weighted by Crippen LogP contribution is -2.31. The number of carbonyl (C=O) groups excluding carboxylic acids is 1. The van der Waals surface area contributed by atoms with Gasteiger partial charge in [-0.2, -0.15) is 0 Å². The number of carbonyl (C=O) groups is 1. The standard InChI is InChI=1S/C20H12ClF2N3OS/c21-15-10-12(22)7-8-14(15)19(27)26(11-13-4-1-2-9-24-13)20-25-18-16(23)5-3-6-17(18)28-20/h1-10H,11H2. The number of fused-ring (bicyclic) bond motifs is 1. The summed E-state index contributed by atoms with van der Waals surface area (Å²) in [6, 6.07) is 13.5. The Kier molecular flexibility index (Phi) is 5.02. The van der Waals surface area contributed by atoms with Crippen LogP contribution < -0.4 is 4.90 Å². The lowest BCUT2D eigenvalue weighted by atomic mass is 10.2. The van der Waals surface area contributed by atoms with Crippen LogP contribution in [0.1, 0.15) is 16.1 Å². The number of rotatable bonds is 4. The monoisotopic (exact) mass is 415 g/mol. The van der Waals surface area contributed by atoms with Gasteiger partial charge in [-0.1, -0.05) is 35.1 Å². The molecule has 0 bridgehead atoms. The summed E-state index contributed by atoms with van der Waals surface area (Å²) in [5.74, 6) is -1.49. The molecule has 8 heteroatoms. The predicted molar refractivity (Wildman–Crippen MR) is 106 cm³/mol. The molecule has 0 atom stereocenters. The van der Waals surface area contributed by atoms with Crippen molar-refractivity contribution in [1.29, 1.82) is 0 Å². The third-order valence-corrected chi connectivity index (χ3v) is 5.40. The summed E-state index contributed by atoms with van der Waals surface area (Å²) in [5, 5.41) is 0.291. The number of hydrogen-bond donors (Lipinski definition) is 0. The molecule has 0 radical (unpaired) electrons. The van der Waals surface area contributed by atoms with Gasteiger partial charge in [-0.3, -0.25) is 14.7 Å². The van der Waals surface area contributed by atoms with Crippen LogP contribution in [0, 0.1) is 11.6 Å². The number of aromatic nitrogens is 2. The van der Waals surface area contributed by atoms with Gasteiger partial charge >= 0.3 is 0 Å². The van der Waals surface area contributed by atoms with E-state index in [-0.39, 0.29) is 22.6 Å². The Hall–Kier alpha value is -2.90. The maximum Gasteiger partial charge on any atom is 0.261 e. The maximum atomic E-state index is 14.1. The number of para-hydroxylation sites is 1. The lowest BCUT2D eigenvalue weighted by molar-refractivity contribution is 0.0985. The molecule has 0 unspecified atom stereocenters. The maximum absolute atomic E-state index is 14.1. The van der Waals surface area contributed by atoms with E-state index in [1.54, 1.807) is 36.5 Å². The molecule has 0 N–H and O–H groups in total. The van der Waals surface area contributed by atoms with Crippen LogP contribution in [0.4, 0.5) is 13.9 Å². The Bertz CT molecular complexity index is 1170. The summed E-state index contributed by atoms with van der Waals surface area (Å²) in [6.45, 7) is 0.106. The Morgan fingerprint density at radius 2 is 1.96 bits per heavy atom. The normalized spacial score (nSPS) is 11.0. The minimum atomic E-state index is -0.542. The van der Waals surface area contributed by atoms with Crippen LogP contribution in [0.3, 0.4) is 0 Å². The van der Waals surface area contributed by atoms with Gasteiger partial charge in [0.15, 0.2) is 5.13 Å². The van der Waals surface area contributed by atoms with Crippen LogP contribution >= 0.6 is 22.9 Å². The van der Waals surface area contributed by atoms with Gasteiger partial charge in [0, 0.05) is 6.20 Å². The van der Waals surface area contributed by atoms with E-state index in [1.165, 1.54) is 28.4 Å². The average molecular weight is 416 g/mol. The quantitative estimate of drug-likeness (QED) is 0.444. The molecule has 28 heavy (non-hydrogen) atoms. The number of halogens is 3. The highest BCUT2D eigenvalue weighted by Crippen LogP contribution is 2.32. The third-order valence-electron chi connectivity index (χ3n) is 4.04. The molecule has 0 saturated carbocycles. The Morgan fingerprint density at radius 1 is 1.11 bits per heavy atom. The van der Waals surface area contributed by atoms with Crippen molar-refractivity contribution in [3.8, 4) is 0 Å². The molecule has 1 amide bonds. The molecule has 2 heterocycles. The Labute approximate surface area is 168 Å². The Morgan fingerprint density at radius 3 is 2.68 bits per heavy atom. The van der Waals surface area contributed by atoms with Crippen LogP contribution in [0.2, 0.25) is 5.02 Å². The van der Waals surface area contributed by atoms with Crippen molar-refractivity contribution in [1.82, 2.24) is 9.97 Å². The van der Waals surface area contributed by atoms with Crippen LogP contribution in [-0.2, 0) is 6.54 Å². The highest BCUT2D eigenvalue weighted by atomic mass is 35.5. The highest BCUT2D eigenvalue weighted by molar-refractivity contribution is 7.22. The third kappa shape index (κ3) is 3.58. The number of nitrogens with zero attached hydrogens (tertiary/aromatic N) is 3. The summed E-state index contributed by atoms with van der Waals surface area (Å²) in [5.41, 5.74) is 0.930. The zero-order valence-electron chi connectivity index (χ0n) is 14.3. The summed E-state index contributed by atoms with van der Waals surface area (Å²) in [7, 11) is 0. The first-order chi connectivity index (χ1) is 13.5. The van der Waals surface area contributed by atoms with E-state index in [0.29, 0.717) is 15.5 Å². The van der Waals surface area contributed by atoms with Gasteiger partial charge in [0.25, 0.3) is 5.91 Å². The van der Waals surface area contributed by atoms with Crippen LogP contribution in [0.25, 0.3) is 10.2 Å². The number of anilines is 1. The molecule has 140 valence electrons. The SMILES string of the molecule is O=C(c1ccc(F)cc1Cl)N(Cc1ccccn1)c1nc2c(F)cccc2s1. The number of amides is 1. The van der Waals surface area contributed by atoms with Crippen LogP contribution in [-0.4, -0.2) is 15.9 Å². The first-order valence-corrected chi connectivity index (χ1v) is 9.44. The fourth-order valence-corrected chi connectivity index (χ4v) is 3.93. The predicted octanol–water partition coefficient (Wildman–Crippen LogP) is 5.47. The number of hydrogen-bond acceptors (Lipinski definition) is 4. The minimum absolute atomic E-state index is 0.0108. The van der Waals surface area contributed by atoms with Crippen LogP contribution in [0.5, 0.6) is 0 Å². The van der Waals surface area contributed by atoms with Gasteiger partial charge in [-0.25, -0.2) is 13.8 Å². The largest absolute Gasteiger partial charge is 0.278 e. The fourth-order valence-electron chi connectivity index (χ4n) is 2.71. The summed E-state index contributed by atoms with van der Waals surface area (Å²) < 4.78 is 28.1. The molecule has 0 spiro atoms. The average Bonchev–Trinajstić information content (AvgIpc) is 3.12. The van der Waals surface area contributed by atoms with Crippen molar-refractivity contribution >= 4 is 44.2 Å². The molecule has 0 aliphatic rings. The molecule has 0 aliphatic heterocycles. The van der Waals surface area contributed by atoms with E-state index in [0.717, 1.165) is 12.1 Å². The van der Waals surface area contributed by atoms with Gasteiger partial charge in [-0.05, 0) is 42.5 Å². The van der Waals surface area contributed by atoms with Gasteiger partial charge in [0.1, 0.15) is 17.2 Å². The van der Waals surface area contributed by atoms with E-state index in [1.807, 2.05) is 0 Å². The van der Waals surface area contributed by atoms with E-state index < -0.39 is 17.5 Å². The van der Waals surface area contributed by atoms with Gasteiger partial charge in [0.05, 0.1) is 27.5 Å². The van der Waals surface area contributed by atoms with Gasteiger partial charge in [0.2, 0.25) is 0 Å². The zero-order valence-corrected chi connectivity index (χ0v) is 15.8. The molecule has 2 aromatic carbocycles. The van der Waals surface area contributed by atoms with E-state index in [9.17, 15) is 13.6 Å². The zero-order chi connectivity index (χ0) is 19.7. The van der Waals surface area contributed by atoms with Crippen molar-refractivity contribution in [2.24, 2.45) is 0 Å². The van der Waals surface area contributed by atoms with Crippen molar-refractivity contribution in [2.75, 3.05) is 4.90 Å². The van der Waals surface area contributed by atoms with E-state index in [2.05, 4.69) is 9.97 Å². The first kappa shape index (κ1) is 18.5. The van der Waals surface area contributed by atoms with E-state index >= 15 is 0 Å². The summed E-state index contributed by atoms with van der Waals surface area (Å²) in [4.78, 5) is 23.1. The summed E-state index contributed by atoms with van der Waals surface area (Å²) >= 11 is 7.26. The van der Waals surface area contributed by atoms with Crippen molar-refractivity contribution < 1.29 is 13.6 Å². The molecule has 4 rings (SSSR count). The fraction of sp³-hybridized carbons (Fsp3) is 0.0500. The highest BCUT2D eigenvalue weighted by Gasteiger charge is 2.24. The molecular formula is C20H12ClF2N3OS. The van der Waals surface area contributed by atoms with Crippen molar-refractivity contribution in [3.05, 3.63) is 88.7 Å². The smallest absolute Gasteiger partial charge is 0.261 e. The number of benzene rings is 2. The molecule has 0 aliphatic carbocycles. The van der Waals surface area contributed by atoms with Crippen molar-refractivity contribution in [2.45, 2.75) is 6.54 Å². The second-order valence-corrected chi connectivity index (χ2v) is 7.34. The first-order valence-electron chi connectivity index (χ1n) is 8.25. The Balaban J connectivity index is 1.80. The lowest BCUT2D eigenvalue weighted by Gasteiger charge is -2.20. The topological polar surface area (TPSA) is 46.1 Å².